The molecule has 116 valence electrons. The molecule has 22 heavy (non-hydrogen) atoms. The van der Waals surface area contributed by atoms with Crippen molar-refractivity contribution in [2.45, 2.75) is 19.1 Å². The Morgan fingerprint density at radius 3 is 2.55 bits per heavy atom. The number of aliphatic hydroxyl groups excluding tert-OH is 1. The van der Waals surface area contributed by atoms with E-state index in [-0.39, 0.29) is 6.10 Å². The number of aliphatic hydroxyl groups is 1. The number of nitrogens with one attached hydrogen (secondary N) is 1. The van der Waals surface area contributed by atoms with E-state index < -0.39 is 0 Å². The molecule has 0 saturated carbocycles. The number of hydrogen-bond acceptors (Lipinski definition) is 4. The van der Waals surface area contributed by atoms with Crippen molar-refractivity contribution < 1.29 is 14.6 Å². The summed E-state index contributed by atoms with van der Waals surface area (Å²) < 4.78 is 11.1. The highest BCUT2D eigenvalue weighted by atomic mass is 16.6. The largest absolute Gasteiger partial charge is 0.486 e. The highest BCUT2D eigenvalue weighted by Crippen LogP contribution is 2.30. The van der Waals surface area contributed by atoms with Gasteiger partial charge >= 0.3 is 0 Å². The maximum Gasteiger partial charge on any atom is 0.161 e. The summed E-state index contributed by atoms with van der Waals surface area (Å²) >= 11 is 0. The van der Waals surface area contributed by atoms with Gasteiger partial charge < -0.3 is 19.9 Å². The lowest BCUT2D eigenvalue weighted by Crippen LogP contribution is -2.28. The van der Waals surface area contributed by atoms with Crippen molar-refractivity contribution in [3.8, 4) is 11.5 Å². The zero-order chi connectivity index (χ0) is 15.2. The highest BCUT2D eigenvalue weighted by Gasteiger charge is 2.11. The molecule has 3 rings (SSSR count). The number of fused-ring (bicyclic) bond motifs is 1. The number of hydrogen-bond donors (Lipinski definition) is 2. The van der Waals surface area contributed by atoms with E-state index >= 15 is 0 Å². The maximum atomic E-state index is 10.1. The average Bonchev–Trinajstić information content (AvgIpc) is 2.55. The van der Waals surface area contributed by atoms with Crippen molar-refractivity contribution in [2.24, 2.45) is 0 Å². The lowest BCUT2D eigenvalue weighted by Gasteiger charge is -2.19. The van der Waals surface area contributed by atoms with Gasteiger partial charge in [0.05, 0.1) is 6.10 Å². The third-order valence-electron chi connectivity index (χ3n) is 3.63. The van der Waals surface area contributed by atoms with E-state index in [1.54, 1.807) is 0 Å². The molecule has 0 aliphatic carbocycles. The molecule has 1 unspecified atom stereocenters. The lowest BCUT2D eigenvalue weighted by molar-refractivity contribution is 0.169. The molecular weight excluding hydrogens is 278 g/mol. The minimum Gasteiger partial charge on any atom is -0.486 e. The Morgan fingerprint density at radius 2 is 1.73 bits per heavy atom. The number of ether oxygens (including phenoxy) is 2. The van der Waals surface area contributed by atoms with Crippen LogP contribution in [0.15, 0.2) is 48.5 Å². The number of benzene rings is 2. The highest BCUT2D eigenvalue weighted by molar-refractivity contribution is 5.43. The zero-order valence-electron chi connectivity index (χ0n) is 12.5. The van der Waals surface area contributed by atoms with Gasteiger partial charge in [0.2, 0.25) is 0 Å². The molecule has 0 saturated heterocycles. The monoisotopic (exact) mass is 299 g/mol. The Labute approximate surface area is 130 Å². The summed E-state index contributed by atoms with van der Waals surface area (Å²) in [5, 5.41) is 13.3. The first-order valence-corrected chi connectivity index (χ1v) is 7.62. The topological polar surface area (TPSA) is 50.7 Å². The third kappa shape index (κ3) is 4.00. The first-order valence-electron chi connectivity index (χ1n) is 7.62. The summed E-state index contributed by atoms with van der Waals surface area (Å²) in [4.78, 5) is 0. The second kappa shape index (κ2) is 7.29. The molecule has 2 aromatic carbocycles. The molecule has 1 aliphatic heterocycles. The van der Waals surface area contributed by atoms with E-state index in [4.69, 9.17) is 9.47 Å². The van der Waals surface area contributed by atoms with Gasteiger partial charge in [-0.05, 0) is 29.7 Å². The van der Waals surface area contributed by atoms with Crippen LogP contribution in [0.5, 0.6) is 11.5 Å². The van der Waals surface area contributed by atoms with Crippen LogP contribution in [-0.4, -0.2) is 31.0 Å². The molecule has 0 aromatic heterocycles. The smallest absolute Gasteiger partial charge is 0.161 e. The predicted molar refractivity (Wildman–Crippen MR) is 85.3 cm³/mol. The van der Waals surface area contributed by atoms with Crippen LogP contribution >= 0.6 is 0 Å². The zero-order valence-corrected chi connectivity index (χ0v) is 12.5. The molecule has 0 spiro atoms. The van der Waals surface area contributed by atoms with Gasteiger partial charge in [-0.3, -0.25) is 0 Å². The van der Waals surface area contributed by atoms with Crippen LogP contribution in [0.2, 0.25) is 0 Å². The van der Waals surface area contributed by atoms with Gasteiger partial charge in [-0.15, -0.1) is 0 Å². The predicted octanol–water partition coefficient (Wildman–Crippen LogP) is 2.15. The minimum atomic E-state index is -0.389. The normalized spacial score (nSPS) is 14.6. The van der Waals surface area contributed by atoms with Crippen LogP contribution in [0.1, 0.15) is 11.1 Å². The Balaban J connectivity index is 1.46. The first kappa shape index (κ1) is 14.9. The van der Waals surface area contributed by atoms with Crippen molar-refractivity contribution in [3.63, 3.8) is 0 Å². The first-order chi connectivity index (χ1) is 10.8. The average molecular weight is 299 g/mol. The molecular formula is C18H21NO3. The van der Waals surface area contributed by atoms with Crippen LogP contribution in [0.4, 0.5) is 0 Å². The molecule has 4 nitrogen and oxygen atoms in total. The Bertz CT molecular complexity index is 601. The standard InChI is InChI=1S/C18H21NO3/c20-16(10-14-4-2-1-3-5-14)13-19-12-15-6-7-17-18(11-15)22-9-8-21-17/h1-7,11,16,19-20H,8-10,12-13H2. The van der Waals surface area contributed by atoms with Gasteiger partial charge in [-0.25, -0.2) is 0 Å². The molecule has 4 heteroatoms. The summed E-state index contributed by atoms with van der Waals surface area (Å²) in [7, 11) is 0. The minimum absolute atomic E-state index is 0.389. The summed E-state index contributed by atoms with van der Waals surface area (Å²) in [5.41, 5.74) is 2.27. The van der Waals surface area contributed by atoms with E-state index in [1.807, 2.05) is 48.5 Å². The van der Waals surface area contributed by atoms with Gasteiger partial charge in [0, 0.05) is 13.1 Å². The van der Waals surface area contributed by atoms with Crippen molar-refractivity contribution in [3.05, 3.63) is 59.7 Å². The van der Waals surface area contributed by atoms with Crippen molar-refractivity contribution in [1.29, 1.82) is 0 Å². The molecule has 0 bridgehead atoms. The van der Waals surface area contributed by atoms with E-state index in [0.29, 0.717) is 32.7 Å². The van der Waals surface area contributed by atoms with Crippen LogP contribution in [0.25, 0.3) is 0 Å². The Kier molecular flexibility index (Phi) is 4.93. The fraction of sp³-hybridized carbons (Fsp3) is 0.333. The van der Waals surface area contributed by atoms with Crippen LogP contribution in [-0.2, 0) is 13.0 Å². The van der Waals surface area contributed by atoms with Crippen LogP contribution in [0.3, 0.4) is 0 Å². The van der Waals surface area contributed by atoms with Crippen LogP contribution < -0.4 is 14.8 Å². The van der Waals surface area contributed by atoms with E-state index in [1.165, 1.54) is 0 Å². The van der Waals surface area contributed by atoms with Gasteiger partial charge in [-0.1, -0.05) is 36.4 Å². The van der Waals surface area contributed by atoms with Gasteiger partial charge in [0.15, 0.2) is 11.5 Å². The van der Waals surface area contributed by atoms with Crippen molar-refractivity contribution in [2.75, 3.05) is 19.8 Å². The van der Waals surface area contributed by atoms with Crippen molar-refractivity contribution in [1.82, 2.24) is 5.32 Å². The molecule has 0 radical (unpaired) electrons. The van der Waals surface area contributed by atoms with Crippen LogP contribution in [0, 0.1) is 0 Å². The summed E-state index contributed by atoms with van der Waals surface area (Å²) in [5.74, 6) is 1.61. The second-order valence-electron chi connectivity index (χ2n) is 5.45. The molecule has 2 aromatic rings. The van der Waals surface area contributed by atoms with Gasteiger partial charge in [0.1, 0.15) is 13.2 Å². The molecule has 1 aliphatic rings. The Morgan fingerprint density at radius 1 is 0.955 bits per heavy atom. The van der Waals surface area contributed by atoms with Gasteiger partial charge in [-0.2, -0.15) is 0 Å². The molecule has 1 heterocycles. The van der Waals surface area contributed by atoms with Crippen molar-refractivity contribution >= 4 is 0 Å². The summed E-state index contributed by atoms with van der Waals surface area (Å²) in [6.07, 6.45) is 0.272. The molecule has 1 atom stereocenters. The SMILES string of the molecule is OC(CNCc1ccc2c(c1)OCCO2)Cc1ccccc1. The lowest BCUT2D eigenvalue weighted by atomic mass is 10.1. The second-order valence-corrected chi connectivity index (χ2v) is 5.45. The van der Waals surface area contributed by atoms with Gasteiger partial charge in [0.25, 0.3) is 0 Å². The van der Waals surface area contributed by atoms with E-state index in [0.717, 1.165) is 22.6 Å². The maximum absolute atomic E-state index is 10.1. The number of rotatable bonds is 6. The summed E-state index contributed by atoms with van der Waals surface area (Å²) in [6, 6.07) is 16.0. The summed E-state index contributed by atoms with van der Waals surface area (Å²) in [6.45, 7) is 2.46. The molecule has 0 fully saturated rings. The molecule has 0 amide bonds. The van der Waals surface area contributed by atoms with E-state index in [9.17, 15) is 5.11 Å². The fourth-order valence-corrected chi connectivity index (χ4v) is 2.54. The fourth-order valence-electron chi connectivity index (χ4n) is 2.54. The molecule has 2 N–H and O–H groups in total. The third-order valence-corrected chi connectivity index (χ3v) is 3.63. The Hall–Kier alpha value is -2.04. The quantitative estimate of drug-likeness (QED) is 0.858. The van der Waals surface area contributed by atoms with E-state index in [2.05, 4.69) is 5.32 Å².